The highest BCUT2D eigenvalue weighted by molar-refractivity contribution is 5.79. The Bertz CT molecular complexity index is 275. The third kappa shape index (κ3) is 9.69. The predicted molar refractivity (Wildman–Crippen MR) is 91.9 cm³/mol. The standard InChI is InChI=1S/C16H36N4O/c1-6-10-16(21,11-7-2)14-19-15(17-8-3)18-12-13-20(5)9-4/h21H,6-14H2,1-5H3,(H2,17,18,19). The van der Waals surface area contributed by atoms with Gasteiger partial charge in [-0.2, -0.15) is 0 Å². The number of rotatable bonds is 11. The van der Waals surface area contributed by atoms with Crippen molar-refractivity contribution in [3.8, 4) is 0 Å². The van der Waals surface area contributed by atoms with Crippen molar-refractivity contribution >= 4 is 5.96 Å². The van der Waals surface area contributed by atoms with E-state index < -0.39 is 5.60 Å². The van der Waals surface area contributed by atoms with E-state index >= 15 is 0 Å². The third-order valence-electron chi connectivity index (χ3n) is 3.63. The lowest BCUT2D eigenvalue weighted by atomic mass is 9.93. The molecule has 0 saturated heterocycles. The van der Waals surface area contributed by atoms with Crippen LogP contribution in [0.4, 0.5) is 0 Å². The molecule has 0 aromatic rings. The summed E-state index contributed by atoms with van der Waals surface area (Å²) >= 11 is 0. The Balaban J connectivity index is 4.47. The van der Waals surface area contributed by atoms with Crippen LogP contribution in [0.15, 0.2) is 4.99 Å². The minimum Gasteiger partial charge on any atom is -0.388 e. The van der Waals surface area contributed by atoms with E-state index in [9.17, 15) is 5.11 Å². The van der Waals surface area contributed by atoms with Gasteiger partial charge in [0.15, 0.2) is 5.96 Å². The maximum absolute atomic E-state index is 10.6. The zero-order valence-corrected chi connectivity index (χ0v) is 14.7. The highest BCUT2D eigenvalue weighted by Crippen LogP contribution is 2.19. The first kappa shape index (κ1) is 20.2. The van der Waals surface area contributed by atoms with Crippen LogP contribution in [0.25, 0.3) is 0 Å². The SMILES string of the molecule is CCCC(O)(CCC)CN=C(NCC)NCCN(C)CC. The quantitative estimate of drug-likeness (QED) is 0.402. The molecule has 21 heavy (non-hydrogen) atoms. The summed E-state index contributed by atoms with van der Waals surface area (Å²) < 4.78 is 0. The van der Waals surface area contributed by atoms with Crippen molar-refractivity contribution in [3.05, 3.63) is 0 Å². The molecule has 0 saturated carbocycles. The molecule has 126 valence electrons. The summed E-state index contributed by atoms with van der Waals surface area (Å²) in [5.74, 6) is 0.799. The van der Waals surface area contributed by atoms with Gasteiger partial charge < -0.3 is 20.6 Å². The lowest BCUT2D eigenvalue weighted by Gasteiger charge is -2.26. The van der Waals surface area contributed by atoms with Gasteiger partial charge in [0.1, 0.15) is 0 Å². The molecule has 5 heteroatoms. The monoisotopic (exact) mass is 300 g/mol. The highest BCUT2D eigenvalue weighted by atomic mass is 16.3. The van der Waals surface area contributed by atoms with Crippen molar-refractivity contribution in [1.82, 2.24) is 15.5 Å². The molecule has 0 amide bonds. The Labute approximate surface area is 131 Å². The number of hydrogen-bond donors (Lipinski definition) is 3. The highest BCUT2D eigenvalue weighted by Gasteiger charge is 2.24. The van der Waals surface area contributed by atoms with Crippen molar-refractivity contribution < 1.29 is 5.11 Å². The molecule has 0 aromatic heterocycles. The minimum atomic E-state index is -0.661. The van der Waals surface area contributed by atoms with E-state index in [-0.39, 0.29) is 0 Å². The van der Waals surface area contributed by atoms with E-state index in [2.05, 4.69) is 55.3 Å². The van der Waals surface area contributed by atoms with E-state index in [1.54, 1.807) is 0 Å². The van der Waals surface area contributed by atoms with E-state index in [0.29, 0.717) is 6.54 Å². The van der Waals surface area contributed by atoms with Crippen LogP contribution >= 0.6 is 0 Å². The summed E-state index contributed by atoms with van der Waals surface area (Å²) in [5, 5.41) is 17.2. The zero-order chi connectivity index (χ0) is 16.1. The fourth-order valence-electron chi connectivity index (χ4n) is 2.31. The van der Waals surface area contributed by atoms with Crippen LogP contribution in [-0.4, -0.2) is 61.3 Å². The first-order valence-electron chi connectivity index (χ1n) is 8.44. The van der Waals surface area contributed by atoms with Crippen molar-refractivity contribution in [2.45, 2.75) is 59.0 Å². The molecular formula is C16H36N4O. The van der Waals surface area contributed by atoms with E-state index in [4.69, 9.17) is 0 Å². The average molecular weight is 300 g/mol. The first-order valence-corrected chi connectivity index (χ1v) is 8.44. The van der Waals surface area contributed by atoms with Gasteiger partial charge in [-0.05, 0) is 33.4 Å². The Morgan fingerprint density at radius 3 is 2.19 bits per heavy atom. The van der Waals surface area contributed by atoms with Gasteiger partial charge >= 0.3 is 0 Å². The van der Waals surface area contributed by atoms with Gasteiger partial charge in [-0.25, -0.2) is 0 Å². The van der Waals surface area contributed by atoms with Crippen LogP contribution < -0.4 is 10.6 Å². The Hall–Kier alpha value is -0.810. The summed E-state index contributed by atoms with van der Waals surface area (Å²) in [5.41, 5.74) is -0.661. The van der Waals surface area contributed by atoms with Crippen LogP contribution in [0.3, 0.4) is 0 Å². The number of aliphatic hydroxyl groups is 1. The molecule has 0 unspecified atom stereocenters. The molecule has 0 fully saturated rings. The van der Waals surface area contributed by atoms with Crippen LogP contribution in [0.5, 0.6) is 0 Å². The second kappa shape index (κ2) is 11.8. The summed E-state index contributed by atoms with van der Waals surface area (Å²) in [4.78, 5) is 6.82. The number of guanidine groups is 1. The molecule has 0 atom stereocenters. The molecule has 3 N–H and O–H groups in total. The molecule has 0 radical (unpaired) electrons. The molecular weight excluding hydrogens is 264 g/mol. The molecule has 0 aliphatic carbocycles. The fourth-order valence-corrected chi connectivity index (χ4v) is 2.31. The molecule has 0 aliphatic rings. The topological polar surface area (TPSA) is 59.9 Å². The number of likely N-dealkylation sites (N-methyl/N-ethyl adjacent to an activating group) is 1. The average Bonchev–Trinajstić information content (AvgIpc) is 2.45. The van der Waals surface area contributed by atoms with Crippen LogP contribution in [0, 0.1) is 0 Å². The summed E-state index contributed by atoms with van der Waals surface area (Å²) in [6.45, 7) is 12.6. The van der Waals surface area contributed by atoms with Crippen molar-refractivity contribution in [3.63, 3.8) is 0 Å². The van der Waals surface area contributed by atoms with E-state index in [0.717, 1.165) is 57.8 Å². The largest absolute Gasteiger partial charge is 0.388 e. The lowest BCUT2D eigenvalue weighted by Crippen LogP contribution is -2.42. The first-order chi connectivity index (χ1) is 10.0. The second-order valence-electron chi connectivity index (χ2n) is 5.74. The molecule has 0 heterocycles. The van der Waals surface area contributed by atoms with Gasteiger partial charge in [-0.3, -0.25) is 4.99 Å². The molecule has 0 bridgehead atoms. The van der Waals surface area contributed by atoms with Crippen LogP contribution in [-0.2, 0) is 0 Å². The van der Waals surface area contributed by atoms with Gasteiger partial charge in [0.25, 0.3) is 0 Å². The summed E-state index contributed by atoms with van der Waals surface area (Å²) in [6.07, 6.45) is 3.58. The normalized spacial score (nSPS) is 12.8. The minimum absolute atomic E-state index is 0.466. The van der Waals surface area contributed by atoms with Crippen molar-refractivity contribution in [1.29, 1.82) is 0 Å². The lowest BCUT2D eigenvalue weighted by molar-refractivity contribution is 0.0306. The smallest absolute Gasteiger partial charge is 0.191 e. The van der Waals surface area contributed by atoms with Gasteiger partial charge in [-0.15, -0.1) is 0 Å². The van der Waals surface area contributed by atoms with E-state index in [1.165, 1.54) is 0 Å². The molecule has 0 spiro atoms. The number of nitrogens with zero attached hydrogens (tertiary/aromatic N) is 2. The Morgan fingerprint density at radius 1 is 1.10 bits per heavy atom. The molecule has 0 aliphatic heterocycles. The Kier molecular flexibility index (Phi) is 11.4. The summed E-state index contributed by atoms with van der Waals surface area (Å²) in [6, 6.07) is 0. The maximum atomic E-state index is 10.6. The Morgan fingerprint density at radius 2 is 1.71 bits per heavy atom. The van der Waals surface area contributed by atoms with Gasteiger partial charge in [0, 0.05) is 19.6 Å². The number of aliphatic imine (C=N–C) groups is 1. The second-order valence-corrected chi connectivity index (χ2v) is 5.74. The van der Waals surface area contributed by atoms with Crippen LogP contribution in [0.2, 0.25) is 0 Å². The maximum Gasteiger partial charge on any atom is 0.191 e. The van der Waals surface area contributed by atoms with Crippen LogP contribution in [0.1, 0.15) is 53.4 Å². The fraction of sp³-hybridized carbons (Fsp3) is 0.938. The molecule has 0 aromatic carbocycles. The van der Waals surface area contributed by atoms with Crippen molar-refractivity contribution in [2.75, 3.05) is 39.8 Å². The van der Waals surface area contributed by atoms with Gasteiger partial charge in [0.2, 0.25) is 0 Å². The van der Waals surface area contributed by atoms with E-state index in [1.807, 2.05) is 0 Å². The van der Waals surface area contributed by atoms with Gasteiger partial charge in [-0.1, -0.05) is 33.6 Å². The van der Waals surface area contributed by atoms with Crippen molar-refractivity contribution in [2.24, 2.45) is 4.99 Å². The number of hydrogen-bond acceptors (Lipinski definition) is 3. The zero-order valence-electron chi connectivity index (χ0n) is 14.7. The van der Waals surface area contributed by atoms with Gasteiger partial charge in [0.05, 0.1) is 12.1 Å². The predicted octanol–water partition coefficient (Wildman–Crippen LogP) is 1.82. The molecule has 0 rings (SSSR count). The molecule has 5 nitrogen and oxygen atoms in total. The third-order valence-corrected chi connectivity index (χ3v) is 3.63. The summed E-state index contributed by atoms with van der Waals surface area (Å²) in [7, 11) is 2.10. The number of nitrogens with one attached hydrogen (secondary N) is 2.